The molecule has 0 spiro atoms. The zero-order valence-corrected chi connectivity index (χ0v) is 14.4. The number of Topliss-reactive ketones (excluding diaryl/α,β-unsaturated/α-hetero) is 1. The molecule has 27 heavy (non-hydrogen) atoms. The molecule has 0 bridgehead atoms. The second-order valence-electron chi connectivity index (χ2n) is 6.35. The van der Waals surface area contributed by atoms with E-state index in [2.05, 4.69) is 0 Å². The van der Waals surface area contributed by atoms with E-state index in [1.54, 1.807) is 19.1 Å². The number of nitro groups is 1. The van der Waals surface area contributed by atoms with Gasteiger partial charge in [-0.05, 0) is 36.2 Å². The molecule has 1 N–H and O–H groups in total. The number of non-ortho nitro benzene ring substituents is 1. The highest BCUT2D eigenvalue weighted by Crippen LogP contribution is 2.26. The monoisotopic (exact) mass is 368 g/mol. The molecule has 0 saturated heterocycles. The number of rotatable bonds is 4. The van der Waals surface area contributed by atoms with Gasteiger partial charge in [-0.3, -0.25) is 19.7 Å². The maximum atomic E-state index is 13.0. The van der Waals surface area contributed by atoms with Crippen LogP contribution in [0, 0.1) is 10.1 Å². The number of carboxylic acid groups (broad SMARTS) is 1. The third kappa shape index (κ3) is 3.55. The van der Waals surface area contributed by atoms with Gasteiger partial charge in [0.1, 0.15) is 0 Å². The Bertz CT molecular complexity index is 951. The van der Waals surface area contributed by atoms with Crippen LogP contribution in [0.2, 0.25) is 0 Å². The lowest BCUT2D eigenvalue weighted by atomic mass is 10.0. The molecule has 8 heteroatoms. The number of carboxylic acids is 1. The number of ketones is 1. The molecule has 1 atom stereocenters. The molecular formula is C19H16N2O6. The molecule has 1 heterocycles. The van der Waals surface area contributed by atoms with E-state index in [4.69, 9.17) is 5.11 Å². The number of aromatic carboxylic acids is 1. The van der Waals surface area contributed by atoms with Crippen molar-refractivity contribution in [2.75, 3.05) is 0 Å². The normalized spacial score (nSPS) is 16.6. The van der Waals surface area contributed by atoms with Crippen molar-refractivity contribution < 1.29 is 24.4 Å². The van der Waals surface area contributed by atoms with Gasteiger partial charge in [-0.25, -0.2) is 4.79 Å². The predicted molar refractivity (Wildman–Crippen MR) is 94.5 cm³/mol. The number of benzene rings is 2. The Morgan fingerprint density at radius 2 is 1.89 bits per heavy atom. The molecule has 0 radical (unpaired) electrons. The zero-order valence-electron chi connectivity index (χ0n) is 14.4. The summed E-state index contributed by atoms with van der Waals surface area (Å²) < 4.78 is 0. The Balaban J connectivity index is 1.95. The summed E-state index contributed by atoms with van der Waals surface area (Å²) in [6, 6.07) is 9.24. The van der Waals surface area contributed by atoms with E-state index in [9.17, 15) is 24.5 Å². The minimum atomic E-state index is -1.05. The van der Waals surface area contributed by atoms with Crippen molar-refractivity contribution in [2.45, 2.75) is 25.9 Å². The van der Waals surface area contributed by atoms with Gasteiger partial charge >= 0.3 is 5.97 Å². The molecule has 8 nitrogen and oxygen atoms in total. The van der Waals surface area contributed by atoms with E-state index in [0.717, 1.165) is 0 Å². The molecule has 2 aromatic carbocycles. The third-order valence-corrected chi connectivity index (χ3v) is 4.64. The number of carbonyl (C=O) groups excluding carboxylic acids is 2. The molecule has 0 aliphatic carbocycles. The Kier molecular flexibility index (Phi) is 4.72. The maximum absolute atomic E-state index is 13.0. The second kappa shape index (κ2) is 6.99. The van der Waals surface area contributed by atoms with Crippen LogP contribution in [0.3, 0.4) is 0 Å². The van der Waals surface area contributed by atoms with E-state index in [1.165, 1.54) is 35.2 Å². The van der Waals surface area contributed by atoms with Gasteiger partial charge in [-0.15, -0.1) is 0 Å². The Morgan fingerprint density at radius 1 is 1.22 bits per heavy atom. The largest absolute Gasteiger partial charge is 0.478 e. The van der Waals surface area contributed by atoms with Gasteiger partial charge < -0.3 is 10.0 Å². The summed E-state index contributed by atoms with van der Waals surface area (Å²) in [5.41, 5.74) is 1.25. The van der Waals surface area contributed by atoms with E-state index >= 15 is 0 Å². The van der Waals surface area contributed by atoms with Crippen molar-refractivity contribution >= 4 is 23.3 Å². The van der Waals surface area contributed by atoms with Crippen LogP contribution in [-0.2, 0) is 17.8 Å². The van der Waals surface area contributed by atoms with Gasteiger partial charge in [0.05, 0.1) is 16.5 Å². The molecule has 0 aromatic heterocycles. The van der Waals surface area contributed by atoms with Gasteiger partial charge in [0.25, 0.3) is 11.6 Å². The molecule has 2 aromatic rings. The molecule has 0 fully saturated rings. The highest BCUT2D eigenvalue weighted by Gasteiger charge is 2.33. The quantitative estimate of drug-likeness (QED) is 0.654. The summed E-state index contributed by atoms with van der Waals surface area (Å²) in [6.07, 6.45) is -0.0572. The summed E-state index contributed by atoms with van der Waals surface area (Å²) >= 11 is 0. The Morgan fingerprint density at radius 3 is 2.48 bits per heavy atom. The van der Waals surface area contributed by atoms with Gasteiger partial charge in [-0.2, -0.15) is 0 Å². The molecule has 1 aliphatic rings. The van der Waals surface area contributed by atoms with Gasteiger partial charge in [0.15, 0.2) is 5.78 Å². The van der Waals surface area contributed by atoms with Gasteiger partial charge in [0.2, 0.25) is 0 Å². The van der Waals surface area contributed by atoms with Crippen LogP contribution < -0.4 is 0 Å². The number of fused-ring (bicyclic) bond motifs is 1. The highest BCUT2D eigenvalue weighted by atomic mass is 16.6. The fourth-order valence-corrected chi connectivity index (χ4v) is 3.05. The number of hydrogen-bond acceptors (Lipinski definition) is 5. The van der Waals surface area contributed by atoms with Crippen molar-refractivity contribution in [1.29, 1.82) is 0 Å². The fraction of sp³-hybridized carbons (Fsp3) is 0.211. The van der Waals surface area contributed by atoms with Crippen molar-refractivity contribution in [1.82, 2.24) is 4.90 Å². The first-order valence-electron chi connectivity index (χ1n) is 8.21. The average Bonchev–Trinajstić information content (AvgIpc) is 2.72. The first kappa shape index (κ1) is 18.2. The predicted octanol–water partition coefficient (Wildman–Crippen LogP) is 2.45. The van der Waals surface area contributed by atoms with Gasteiger partial charge in [0, 0.05) is 30.7 Å². The Hall–Kier alpha value is -3.55. The topological polar surface area (TPSA) is 118 Å². The number of nitrogens with zero attached hydrogens (tertiary/aromatic N) is 2. The molecule has 1 amide bonds. The number of amides is 1. The number of hydrogen-bond donors (Lipinski definition) is 1. The smallest absolute Gasteiger partial charge is 0.335 e. The summed E-state index contributed by atoms with van der Waals surface area (Å²) in [7, 11) is 0. The average molecular weight is 368 g/mol. The lowest BCUT2D eigenvalue weighted by Crippen LogP contribution is -2.41. The fourth-order valence-electron chi connectivity index (χ4n) is 3.05. The first-order valence-corrected chi connectivity index (χ1v) is 8.21. The second-order valence-corrected chi connectivity index (χ2v) is 6.35. The molecule has 3 rings (SSSR count). The van der Waals surface area contributed by atoms with E-state index in [0.29, 0.717) is 11.1 Å². The molecule has 0 saturated carbocycles. The Labute approximate surface area is 154 Å². The van der Waals surface area contributed by atoms with Crippen molar-refractivity contribution in [2.24, 2.45) is 0 Å². The minimum Gasteiger partial charge on any atom is -0.478 e. The summed E-state index contributed by atoms with van der Waals surface area (Å²) in [5.74, 6) is -1.66. The van der Waals surface area contributed by atoms with E-state index in [1.807, 2.05) is 0 Å². The number of carbonyl (C=O) groups is 3. The third-order valence-electron chi connectivity index (χ3n) is 4.64. The van der Waals surface area contributed by atoms with Crippen LogP contribution in [0.4, 0.5) is 5.69 Å². The highest BCUT2D eigenvalue weighted by molar-refractivity contribution is 6.03. The summed E-state index contributed by atoms with van der Waals surface area (Å²) in [4.78, 5) is 48.2. The minimum absolute atomic E-state index is 0.0572. The van der Waals surface area contributed by atoms with Crippen molar-refractivity contribution in [3.05, 3.63) is 74.8 Å². The summed E-state index contributed by atoms with van der Waals surface area (Å²) in [5, 5.41) is 19.9. The van der Waals surface area contributed by atoms with Crippen LogP contribution in [0.1, 0.15) is 38.8 Å². The van der Waals surface area contributed by atoms with Crippen LogP contribution in [0.5, 0.6) is 0 Å². The number of nitro benzene ring substituents is 1. The van der Waals surface area contributed by atoms with Crippen LogP contribution in [0.15, 0.2) is 42.5 Å². The van der Waals surface area contributed by atoms with E-state index in [-0.39, 0.29) is 41.5 Å². The maximum Gasteiger partial charge on any atom is 0.335 e. The van der Waals surface area contributed by atoms with Crippen LogP contribution in [-0.4, -0.2) is 38.6 Å². The molecule has 1 aliphatic heterocycles. The SMILES string of the molecule is C[C@@H]1C(=O)Cc2cc([N+](=O)[O-])ccc2C(=O)N1Cc1ccc(C(=O)O)cc1. The van der Waals surface area contributed by atoms with Crippen LogP contribution >= 0.6 is 0 Å². The zero-order chi connectivity index (χ0) is 19.7. The lowest BCUT2D eigenvalue weighted by molar-refractivity contribution is -0.384. The molecule has 0 unspecified atom stereocenters. The molecule has 138 valence electrons. The summed E-state index contributed by atoms with van der Waals surface area (Å²) in [6.45, 7) is 1.74. The van der Waals surface area contributed by atoms with Crippen LogP contribution in [0.25, 0.3) is 0 Å². The van der Waals surface area contributed by atoms with Crippen molar-refractivity contribution in [3.63, 3.8) is 0 Å². The van der Waals surface area contributed by atoms with E-state index < -0.39 is 16.9 Å². The van der Waals surface area contributed by atoms with Gasteiger partial charge in [-0.1, -0.05) is 12.1 Å². The van der Waals surface area contributed by atoms with Crippen molar-refractivity contribution in [3.8, 4) is 0 Å². The lowest BCUT2D eigenvalue weighted by Gasteiger charge is -2.26. The molecular weight excluding hydrogens is 352 g/mol. The standard InChI is InChI=1S/C19H16N2O6/c1-11-17(22)9-14-8-15(21(26)27)6-7-16(14)18(23)20(11)10-12-2-4-13(5-3-12)19(24)25/h2-8,11H,9-10H2,1H3,(H,24,25)/t11-/m1/s1. The first-order chi connectivity index (χ1) is 12.8.